The number of benzene rings is 2. The number of hydrogen-bond acceptors (Lipinski definition) is 6. The van der Waals surface area contributed by atoms with E-state index >= 15 is 0 Å². The minimum absolute atomic E-state index is 0.258. The number of amides is 1. The molecule has 0 fully saturated rings. The summed E-state index contributed by atoms with van der Waals surface area (Å²) < 4.78 is 10.5. The number of carbonyl (C=O) groups is 2. The van der Waals surface area contributed by atoms with Crippen molar-refractivity contribution in [3.05, 3.63) is 77.6 Å². The molecule has 0 spiro atoms. The number of esters is 1. The van der Waals surface area contributed by atoms with Crippen molar-refractivity contribution < 1.29 is 18.8 Å². The van der Waals surface area contributed by atoms with Crippen LogP contribution in [0, 0.1) is 6.92 Å². The Morgan fingerprint density at radius 2 is 1.82 bits per heavy atom. The molecule has 1 heterocycles. The summed E-state index contributed by atoms with van der Waals surface area (Å²) in [6.45, 7) is 1.72. The second-order valence-electron chi connectivity index (χ2n) is 6.45. The molecule has 0 radical (unpaired) electrons. The van der Waals surface area contributed by atoms with Crippen molar-refractivity contribution in [1.82, 2.24) is 5.16 Å². The van der Waals surface area contributed by atoms with Gasteiger partial charge in [-0.25, -0.2) is 4.79 Å². The van der Waals surface area contributed by atoms with Gasteiger partial charge in [-0.15, -0.1) is 0 Å². The van der Waals surface area contributed by atoms with Crippen molar-refractivity contribution in [2.45, 2.75) is 13.0 Å². The molecule has 144 valence electrons. The maximum absolute atomic E-state index is 12.8. The van der Waals surface area contributed by atoms with Crippen molar-refractivity contribution in [2.24, 2.45) is 0 Å². The molecule has 28 heavy (non-hydrogen) atoms. The van der Waals surface area contributed by atoms with Gasteiger partial charge in [-0.1, -0.05) is 41.6 Å². The smallest absolute Gasteiger partial charge is 0.339 e. The first-order valence-corrected chi connectivity index (χ1v) is 8.71. The monoisotopic (exact) mass is 379 g/mol. The number of rotatable bonds is 6. The second kappa shape index (κ2) is 8.39. The van der Waals surface area contributed by atoms with Gasteiger partial charge in [-0.05, 0) is 25.1 Å². The molecule has 0 aliphatic heterocycles. The highest BCUT2D eigenvalue weighted by atomic mass is 16.5. The number of aryl methyl sites for hydroxylation is 1. The summed E-state index contributed by atoms with van der Waals surface area (Å²) in [5, 5.41) is 6.37. The maximum atomic E-state index is 12.8. The highest BCUT2D eigenvalue weighted by Gasteiger charge is 2.26. The van der Waals surface area contributed by atoms with E-state index in [9.17, 15) is 9.59 Å². The summed E-state index contributed by atoms with van der Waals surface area (Å²) >= 11 is 0. The predicted octanol–water partition coefficient (Wildman–Crippen LogP) is 3.59. The fraction of sp³-hybridized carbons (Fsp3) is 0.190. The lowest BCUT2D eigenvalue weighted by Gasteiger charge is -2.18. The lowest BCUT2D eigenvalue weighted by Crippen LogP contribution is -2.26. The van der Waals surface area contributed by atoms with Crippen molar-refractivity contribution in [1.29, 1.82) is 0 Å². The molecule has 0 saturated carbocycles. The number of nitrogens with one attached hydrogen (secondary N) is 1. The molecular weight excluding hydrogens is 358 g/mol. The van der Waals surface area contributed by atoms with E-state index in [1.54, 1.807) is 55.5 Å². The van der Waals surface area contributed by atoms with E-state index in [-0.39, 0.29) is 5.82 Å². The molecule has 2 aromatic carbocycles. The van der Waals surface area contributed by atoms with Crippen molar-refractivity contribution >= 4 is 23.4 Å². The lowest BCUT2D eigenvalue weighted by atomic mass is 10.1. The average Bonchev–Trinajstić information content (AvgIpc) is 3.11. The Bertz CT molecular complexity index is 967. The molecule has 0 bridgehead atoms. The molecule has 1 N–H and O–H groups in total. The first-order valence-electron chi connectivity index (χ1n) is 8.71. The minimum atomic E-state index is -1.13. The topological polar surface area (TPSA) is 84.7 Å². The lowest BCUT2D eigenvalue weighted by molar-refractivity contribution is -0.125. The highest BCUT2D eigenvalue weighted by Crippen LogP contribution is 2.23. The van der Waals surface area contributed by atoms with Crippen LogP contribution in [0.25, 0.3) is 0 Å². The van der Waals surface area contributed by atoms with Crippen LogP contribution in [0.2, 0.25) is 0 Å². The number of anilines is 2. The summed E-state index contributed by atoms with van der Waals surface area (Å²) in [7, 11) is 3.76. The third kappa shape index (κ3) is 4.56. The van der Waals surface area contributed by atoms with Gasteiger partial charge in [0, 0.05) is 31.4 Å². The number of aromatic nitrogens is 1. The van der Waals surface area contributed by atoms with Gasteiger partial charge in [0.2, 0.25) is 6.10 Å². The van der Waals surface area contributed by atoms with E-state index in [2.05, 4.69) is 10.5 Å². The van der Waals surface area contributed by atoms with Crippen molar-refractivity contribution in [2.75, 3.05) is 24.3 Å². The van der Waals surface area contributed by atoms with E-state index in [1.165, 1.54) is 0 Å². The maximum Gasteiger partial charge on any atom is 0.339 e. The molecule has 3 aromatic rings. The van der Waals surface area contributed by atoms with Crippen LogP contribution >= 0.6 is 0 Å². The molecule has 1 atom stereocenters. The van der Waals surface area contributed by atoms with E-state index in [0.29, 0.717) is 16.9 Å². The normalized spacial score (nSPS) is 11.5. The molecule has 0 aliphatic rings. The Balaban J connectivity index is 1.84. The number of ether oxygens (including phenoxy) is 1. The fourth-order valence-corrected chi connectivity index (χ4v) is 2.60. The first kappa shape index (κ1) is 19.2. The summed E-state index contributed by atoms with van der Waals surface area (Å²) in [6.07, 6.45) is -1.13. The number of hydrogen-bond donors (Lipinski definition) is 1. The predicted molar refractivity (Wildman–Crippen MR) is 105 cm³/mol. The Kier molecular flexibility index (Phi) is 5.74. The van der Waals surface area contributed by atoms with Crippen LogP contribution in [0.3, 0.4) is 0 Å². The van der Waals surface area contributed by atoms with Gasteiger partial charge in [0.05, 0.1) is 5.56 Å². The highest BCUT2D eigenvalue weighted by molar-refractivity contribution is 5.98. The Morgan fingerprint density at radius 3 is 2.46 bits per heavy atom. The van der Waals surface area contributed by atoms with Gasteiger partial charge in [0.15, 0.2) is 5.82 Å². The SMILES string of the molecule is Cc1cc(NC(=O)C(OC(=O)c2cccc(N(C)C)c2)c2ccccc2)no1. The minimum Gasteiger partial charge on any atom is -0.444 e. The summed E-state index contributed by atoms with van der Waals surface area (Å²) in [6, 6.07) is 17.4. The van der Waals surface area contributed by atoms with Gasteiger partial charge in [-0.2, -0.15) is 0 Å². The van der Waals surface area contributed by atoms with E-state index in [0.717, 1.165) is 5.69 Å². The molecule has 7 nitrogen and oxygen atoms in total. The molecule has 1 amide bonds. The summed E-state index contributed by atoms with van der Waals surface area (Å²) in [4.78, 5) is 27.4. The van der Waals surface area contributed by atoms with Crippen molar-refractivity contribution in [3.8, 4) is 0 Å². The van der Waals surface area contributed by atoms with Gasteiger partial charge in [0.1, 0.15) is 5.76 Å². The zero-order valence-corrected chi connectivity index (χ0v) is 15.9. The molecule has 1 aromatic heterocycles. The van der Waals surface area contributed by atoms with Crippen LogP contribution in [-0.2, 0) is 9.53 Å². The average molecular weight is 379 g/mol. The number of carbonyl (C=O) groups excluding carboxylic acids is 2. The number of nitrogens with zero attached hydrogens (tertiary/aromatic N) is 2. The quantitative estimate of drug-likeness (QED) is 0.659. The first-order chi connectivity index (χ1) is 13.4. The van der Waals surface area contributed by atoms with E-state index < -0.39 is 18.0 Å². The van der Waals surface area contributed by atoms with Crippen LogP contribution in [-0.4, -0.2) is 31.1 Å². The fourth-order valence-electron chi connectivity index (χ4n) is 2.60. The second-order valence-corrected chi connectivity index (χ2v) is 6.45. The van der Waals surface area contributed by atoms with Crippen LogP contribution < -0.4 is 10.2 Å². The molecule has 7 heteroatoms. The summed E-state index contributed by atoms with van der Waals surface area (Å²) in [5.74, 6) is -0.293. The van der Waals surface area contributed by atoms with Gasteiger partial charge >= 0.3 is 5.97 Å². The molecular formula is C21H21N3O4. The van der Waals surface area contributed by atoms with E-state index in [1.807, 2.05) is 31.1 Å². The van der Waals surface area contributed by atoms with Crippen LogP contribution in [0.4, 0.5) is 11.5 Å². The molecule has 0 saturated heterocycles. The Labute approximate surface area is 162 Å². The van der Waals surface area contributed by atoms with Crippen LogP contribution in [0.1, 0.15) is 27.8 Å². The van der Waals surface area contributed by atoms with Crippen LogP contribution in [0.5, 0.6) is 0 Å². The van der Waals surface area contributed by atoms with Gasteiger partial charge in [0.25, 0.3) is 5.91 Å². The van der Waals surface area contributed by atoms with Gasteiger partial charge < -0.3 is 19.5 Å². The standard InChI is InChI=1S/C21H21N3O4/c1-14-12-18(23-28-14)22-20(25)19(15-8-5-4-6-9-15)27-21(26)16-10-7-11-17(13-16)24(2)3/h4-13,19H,1-3H3,(H,22,23,25). The molecule has 0 aliphatic carbocycles. The third-order valence-corrected chi connectivity index (χ3v) is 4.04. The zero-order valence-electron chi connectivity index (χ0n) is 15.9. The third-order valence-electron chi connectivity index (χ3n) is 4.04. The zero-order chi connectivity index (χ0) is 20.1. The summed E-state index contributed by atoms with van der Waals surface area (Å²) in [5.41, 5.74) is 1.77. The van der Waals surface area contributed by atoms with Crippen LogP contribution in [0.15, 0.2) is 65.2 Å². The largest absolute Gasteiger partial charge is 0.444 e. The Morgan fingerprint density at radius 1 is 1.07 bits per heavy atom. The van der Waals surface area contributed by atoms with E-state index in [4.69, 9.17) is 9.26 Å². The van der Waals surface area contributed by atoms with Gasteiger partial charge in [-0.3, -0.25) is 4.79 Å². The molecule has 3 rings (SSSR count). The van der Waals surface area contributed by atoms with Crippen molar-refractivity contribution in [3.63, 3.8) is 0 Å². The Hall–Kier alpha value is -3.61. The molecule has 1 unspecified atom stereocenters.